The molecule has 0 unspecified atom stereocenters. The van der Waals surface area contributed by atoms with Gasteiger partial charge in [0.25, 0.3) is 0 Å². The number of piperidine rings is 2. The SMILES string of the molecule is O=C(O)Cc1ccc(O[C@H]2C[C@H]3CCC[C@@H](C2)N3C(=O)NCc2ccc(Cl)cc2Cl)c(Cl)c1. The van der Waals surface area contributed by atoms with E-state index in [1.165, 1.54) is 0 Å². The van der Waals surface area contributed by atoms with Crippen molar-refractivity contribution in [3.05, 3.63) is 62.6 Å². The Hall–Kier alpha value is -2.15. The molecule has 6 nitrogen and oxygen atoms in total. The number of rotatable bonds is 6. The van der Waals surface area contributed by atoms with Crippen molar-refractivity contribution in [3.8, 4) is 5.75 Å². The molecule has 33 heavy (non-hydrogen) atoms. The van der Waals surface area contributed by atoms with E-state index in [0.29, 0.717) is 32.9 Å². The molecule has 2 aromatic carbocycles. The van der Waals surface area contributed by atoms with Crippen molar-refractivity contribution in [2.24, 2.45) is 0 Å². The number of carboxylic acids is 1. The fourth-order valence-corrected chi connectivity index (χ4v) is 5.51. The van der Waals surface area contributed by atoms with Gasteiger partial charge in [0.1, 0.15) is 11.9 Å². The van der Waals surface area contributed by atoms with Gasteiger partial charge in [-0.15, -0.1) is 0 Å². The summed E-state index contributed by atoms with van der Waals surface area (Å²) in [4.78, 5) is 25.9. The molecule has 0 spiro atoms. The van der Waals surface area contributed by atoms with Crippen LogP contribution in [0.15, 0.2) is 36.4 Å². The number of urea groups is 1. The number of hydrogen-bond acceptors (Lipinski definition) is 3. The van der Waals surface area contributed by atoms with Gasteiger partial charge in [-0.25, -0.2) is 4.79 Å². The maximum absolute atomic E-state index is 13.0. The zero-order valence-electron chi connectivity index (χ0n) is 17.9. The van der Waals surface area contributed by atoms with Crippen LogP contribution in [0.5, 0.6) is 5.75 Å². The molecule has 0 aliphatic carbocycles. The molecule has 2 aliphatic rings. The molecule has 2 bridgehead atoms. The second-order valence-corrected chi connectivity index (χ2v) is 9.84. The van der Waals surface area contributed by atoms with Gasteiger partial charge in [-0.2, -0.15) is 0 Å². The van der Waals surface area contributed by atoms with Gasteiger partial charge in [-0.1, -0.05) is 46.9 Å². The molecule has 2 saturated heterocycles. The Morgan fingerprint density at radius 3 is 2.39 bits per heavy atom. The minimum atomic E-state index is -0.906. The summed E-state index contributed by atoms with van der Waals surface area (Å²) in [6.07, 6.45) is 4.24. The first kappa shape index (κ1) is 24.0. The lowest BCUT2D eigenvalue weighted by Crippen LogP contribution is -2.59. The number of nitrogens with one attached hydrogen (secondary N) is 1. The van der Waals surface area contributed by atoms with Crippen LogP contribution in [-0.4, -0.2) is 40.2 Å². The average Bonchev–Trinajstić information content (AvgIpc) is 2.74. The van der Waals surface area contributed by atoms with Crippen molar-refractivity contribution in [2.45, 2.75) is 63.3 Å². The maximum atomic E-state index is 13.0. The van der Waals surface area contributed by atoms with E-state index >= 15 is 0 Å². The van der Waals surface area contributed by atoms with Gasteiger partial charge in [-0.3, -0.25) is 4.79 Å². The van der Waals surface area contributed by atoms with Crippen LogP contribution in [0.25, 0.3) is 0 Å². The first-order valence-corrected chi connectivity index (χ1v) is 12.1. The summed E-state index contributed by atoms with van der Waals surface area (Å²) in [5.74, 6) is -0.360. The number of carbonyl (C=O) groups is 2. The molecule has 2 heterocycles. The number of carboxylic acid groups (broad SMARTS) is 1. The number of ether oxygens (including phenoxy) is 1. The van der Waals surface area contributed by atoms with Gasteiger partial charge < -0.3 is 20.1 Å². The molecule has 0 radical (unpaired) electrons. The molecule has 9 heteroatoms. The third-order valence-electron chi connectivity index (χ3n) is 6.26. The van der Waals surface area contributed by atoms with Crippen molar-refractivity contribution in [2.75, 3.05) is 0 Å². The van der Waals surface area contributed by atoms with Crippen LogP contribution < -0.4 is 10.1 Å². The fourth-order valence-electron chi connectivity index (χ4n) is 4.79. The summed E-state index contributed by atoms with van der Waals surface area (Å²) < 4.78 is 6.20. The number of carbonyl (C=O) groups excluding carboxylic acids is 1. The van der Waals surface area contributed by atoms with Crippen molar-refractivity contribution >= 4 is 46.8 Å². The number of amides is 2. The minimum absolute atomic E-state index is 0.0575. The topological polar surface area (TPSA) is 78.9 Å². The van der Waals surface area contributed by atoms with Gasteiger partial charge in [0.05, 0.1) is 11.4 Å². The molecule has 4 rings (SSSR count). The molecule has 0 aromatic heterocycles. The van der Waals surface area contributed by atoms with E-state index in [0.717, 1.165) is 37.7 Å². The van der Waals surface area contributed by atoms with E-state index in [9.17, 15) is 9.59 Å². The first-order chi connectivity index (χ1) is 15.8. The summed E-state index contributed by atoms with van der Waals surface area (Å²) in [6.45, 7) is 0.336. The van der Waals surface area contributed by atoms with E-state index in [-0.39, 0.29) is 30.6 Å². The molecular formula is C24H25Cl3N2O4. The summed E-state index contributed by atoms with van der Waals surface area (Å²) in [5, 5.41) is 13.4. The monoisotopic (exact) mass is 510 g/mol. The maximum Gasteiger partial charge on any atom is 0.318 e. The molecule has 2 aliphatic heterocycles. The summed E-state index contributed by atoms with van der Waals surface area (Å²) in [5.41, 5.74) is 1.45. The Bertz CT molecular complexity index is 1030. The Balaban J connectivity index is 1.38. The van der Waals surface area contributed by atoms with Crippen molar-refractivity contribution in [1.29, 1.82) is 0 Å². The van der Waals surface area contributed by atoms with Crippen LogP contribution in [-0.2, 0) is 17.8 Å². The zero-order valence-corrected chi connectivity index (χ0v) is 20.2. The van der Waals surface area contributed by atoms with E-state index in [2.05, 4.69) is 5.32 Å². The predicted octanol–water partition coefficient (Wildman–Crippen LogP) is 5.95. The molecule has 0 saturated carbocycles. The highest BCUT2D eigenvalue weighted by molar-refractivity contribution is 6.35. The highest BCUT2D eigenvalue weighted by Crippen LogP contribution is 2.37. The third kappa shape index (κ3) is 5.86. The zero-order chi connectivity index (χ0) is 23.5. The van der Waals surface area contributed by atoms with Crippen molar-refractivity contribution in [1.82, 2.24) is 10.2 Å². The quantitative estimate of drug-likeness (QED) is 0.502. The molecular weight excluding hydrogens is 487 g/mol. The van der Waals surface area contributed by atoms with E-state index in [1.54, 1.807) is 30.3 Å². The van der Waals surface area contributed by atoms with Crippen molar-refractivity contribution in [3.63, 3.8) is 0 Å². The van der Waals surface area contributed by atoms with Crippen LogP contribution in [0.3, 0.4) is 0 Å². The standard InChI is InChI=1S/C24H25Cl3N2O4/c25-16-6-5-15(20(26)10-16)13-28-24(32)29-17-2-1-3-18(29)12-19(11-17)33-22-7-4-14(8-21(22)27)9-23(30)31/h4-8,10,17-19H,1-3,9,11-13H2,(H,28,32)(H,30,31)/t17-,18+,19+. The van der Waals surface area contributed by atoms with Crippen LogP contribution in [0.4, 0.5) is 4.79 Å². The van der Waals surface area contributed by atoms with Crippen molar-refractivity contribution < 1.29 is 19.4 Å². The van der Waals surface area contributed by atoms with Crippen LogP contribution in [0, 0.1) is 0 Å². The molecule has 2 N–H and O–H groups in total. The number of hydrogen-bond donors (Lipinski definition) is 2. The molecule has 2 amide bonds. The summed E-state index contributed by atoms with van der Waals surface area (Å²) in [7, 11) is 0. The third-order valence-corrected chi connectivity index (χ3v) is 7.14. The summed E-state index contributed by atoms with van der Waals surface area (Å²) in [6, 6.07) is 10.4. The molecule has 2 fully saturated rings. The van der Waals surface area contributed by atoms with E-state index in [4.69, 9.17) is 44.6 Å². The lowest BCUT2D eigenvalue weighted by molar-refractivity contribution is -0.136. The number of benzene rings is 2. The second-order valence-electron chi connectivity index (χ2n) is 8.59. The Kier molecular flexibility index (Phi) is 7.57. The van der Waals surface area contributed by atoms with Gasteiger partial charge in [0.15, 0.2) is 0 Å². The smallest absolute Gasteiger partial charge is 0.318 e. The number of fused-ring (bicyclic) bond motifs is 2. The van der Waals surface area contributed by atoms with Gasteiger partial charge in [0, 0.05) is 41.5 Å². The fraction of sp³-hybridized carbons (Fsp3) is 0.417. The highest BCUT2D eigenvalue weighted by atomic mass is 35.5. The Morgan fingerprint density at radius 2 is 1.76 bits per heavy atom. The lowest BCUT2D eigenvalue weighted by Gasteiger charge is -2.48. The normalized spacial score (nSPS) is 22.0. The van der Waals surface area contributed by atoms with Crippen LogP contribution >= 0.6 is 34.8 Å². The molecule has 2 aromatic rings. The summed E-state index contributed by atoms with van der Waals surface area (Å²) >= 11 is 18.5. The average molecular weight is 512 g/mol. The van der Waals surface area contributed by atoms with Crippen LogP contribution in [0.2, 0.25) is 15.1 Å². The first-order valence-electron chi connectivity index (χ1n) is 11.0. The van der Waals surface area contributed by atoms with E-state index in [1.807, 2.05) is 11.0 Å². The Morgan fingerprint density at radius 1 is 1.03 bits per heavy atom. The van der Waals surface area contributed by atoms with E-state index < -0.39 is 5.97 Å². The number of nitrogens with zero attached hydrogens (tertiary/aromatic N) is 1. The number of halogens is 3. The lowest BCUT2D eigenvalue weighted by atomic mass is 9.83. The molecule has 176 valence electrons. The molecule has 3 atom stereocenters. The second kappa shape index (κ2) is 10.4. The Labute approximate surface area is 207 Å². The largest absolute Gasteiger partial charge is 0.489 e. The highest BCUT2D eigenvalue weighted by Gasteiger charge is 2.41. The number of aliphatic carboxylic acids is 1. The van der Waals surface area contributed by atoms with Gasteiger partial charge >= 0.3 is 12.0 Å². The minimum Gasteiger partial charge on any atom is -0.489 e. The van der Waals surface area contributed by atoms with Gasteiger partial charge in [0.2, 0.25) is 0 Å². The predicted molar refractivity (Wildman–Crippen MR) is 128 cm³/mol. The van der Waals surface area contributed by atoms with Crippen LogP contribution in [0.1, 0.15) is 43.2 Å². The van der Waals surface area contributed by atoms with Gasteiger partial charge in [-0.05, 0) is 54.7 Å².